The second-order valence-corrected chi connectivity index (χ2v) is 5.65. The van der Waals surface area contributed by atoms with E-state index in [0.717, 1.165) is 15.0 Å². The van der Waals surface area contributed by atoms with Crippen molar-refractivity contribution in [3.8, 4) is 0 Å². The van der Waals surface area contributed by atoms with Crippen molar-refractivity contribution in [3.05, 3.63) is 51.1 Å². The van der Waals surface area contributed by atoms with E-state index < -0.39 is 0 Å². The molecule has 0 spiro atoms. The van der Waals surface area contributed by atoms with Gasteiger partial charge in [-0.05, 0) is 47.9 Å². The molecule has 18 heavy (non-hydrogen) atoms. The van der Waals surface area contributed by atoms with Crippen LogP contribution < -0.4 is 10.7 Å². The van der Waals surface area contributed by atoms with Crippen molar-refractivity contribution in [2.24, 2.45) is 5.10 Å². The Hall–Kier alpha value is -1.24. The van der Waals surface area contributed by atoms with Crippen LogP contribution in [0.25, 0.3) is 0 Å². The molecule has 0 saturated heterocycles. The number of halogens is 1. The van der Waals surface area contributed by atoms with Gasteiger partial charge in [-0.2, -0.15) is 5.10 Å². The van der Waals surface area contributed by atoms with E-state index in [9.17, 15) is 0 Å². The zero-order chi connectivity index (χ0) is 12.8. The van der Waals surface area contributed by atoms with Crippen molar-refractivity contribution in [1.82, 2.24) is 5.43 Å². The Bertz CT molecular complexity index is 535. The topological polar surface area (TPSA) is 36.4 Å². The van der Waals surface area contributed by atoms with Gasteiger partial charge in [0.1, 0.15) is 0 Å². The van der Waals surface area contributed by atoms with Gasteiger partial charge in [-0.3, -0.25) is 5.43 Å². The SMILES string of the molecule is S=C(N/N=C/c1cccs1)Nc1ccc(Br)cc1. The summed E-state index contributed by atoms with van der Waals surface area (Å²) in [5.41, 5.74) is 3.69. The summed E-state index contributed by atoms with van der Waals surface area (Å²) in [6.07, 6.45) is 1.74. The Balaban J connectivity index is 1.84. The predicted molar refractivity (Wildman–Crippen MR) is 85.4 cm³/mol. The molecule has 2 rings (SSSR count). The summed E-state index contributed by atoms with van der Waals surface area (Å²) in [6, 6.07) is 11.7. The number of hydrogen-bond acceptors (Lipinski definition) is 3. The van der Waals surface area contributed by atoms with Crippen LogP contribution in [0.2, 0.25) is 0 Å². The number of anilines is 1. The fraction of sp³-hybridized carbons (Fsp3) is 0. The lowest BCUT2D eigenvalue weighted by Gasteiger charge is -2.06. The minimum Gasteiger partial charge on any atom is -0.331 e. The molecule has 6 heteroatoms. The largest absolute Gasteiger partial charge is 0.331 e. The van der Waals surface area contributed by atoms with Crippen LogP contribution in [0, 0.1) is 0 Å². The molecule has 3 nitrogen and oxygen atoms in total. The van der Waals surface area contributed by atoms with Crippen LogP contribution in [0.5, 0.6) is 0 Å². The highest BCUT2D eigenvalue weighted by atomic mass is 79.9. The lowest BCUT2D eigenvalue weighted by Crippen LogP contribution is -2.23. The Morgan fingerprint density at radius 2 is 2.06 bits per heavy atom. The Labute approximate surface area is 123 Å². The number of hydrazone groups is 1. The van der Waals surface area contributed by atoms with E-state index in [4.69, 9.17) is 12.2 Å². The van der Waals surface area contributed by atoms with Crippen LogP contribution in [-0.4, -0.2) is 11.3 Å². The van der Waals surface area contributed by atoms with Gasteiger partial charge < -0.3 is 5.32 Å². The van der Waals surface area contributed by atoms with Crippen LogP contribution >= 0.6 is 39.5 Å². The van der Waals surface area contributed by atoms with Crippen molar-refractivity contribution in [2.75, 3.05) is 5.32 Å². The maximum Gasteiger partial charge on any atom is 0.191 e. The van der Waals surface area contributed by atoms with Crippen LogP contribution in [0.3, 0.4) is 0 Å². The molecule has 1 heterocycles. The number of rotatable bonds is 3. The lowest BCUT2D eigenvalue weighted by atomic mass is 10.3. The van der Waals surface area contributed by atoms with Crippen molar-refractivity contribution in [3.63, 3.8) is 0 Å². The zero-order valence-corrected chi connectivity index (χ0v) is 12.5. The van der Waals surface area contributed by atoms with E-state index in [1.165, 1.54) is 0 Å². The van der Waals surface area contributed by atoms with Crippen LogP contribution in [0.15, 0.2) is 51.4 Å². The van der Waals surface area contributed by atoms with E-state index in [0.29, 0.717) is 5.11 Å². The van der Waals surface area contributed by atoms with Crippen LogP contribution in [-0.2, 0) is 0 Å². The predicted octanol–water partition coefficient (Wildman–Crippen LogP) is 3.83. The molecule has 2 aromatic rings. The highest BCUT2D eigenvalue weighted by Crippen LogP contribution is 2.13. The molecular weight excluding hydrogens is 330 g/mol. The highest BCUT2D eigenvalue weighted by molar-refractivity contribution is 9.10. The van der Waals surface area contributed by atoms with Crippen molar-refractivity contribution < 1.29 is 0 Å². The fourth-order valence-electron chi connectivity index (χ4n) is 1.21. The van der Waals surface area contributed by atoms with E-state index in [1.807, 2.05) is 41.8 Å². The van der Waals surface area contributed by atoms with Gasteiger partial charge in [-0.1, -0.05) is 22.0 Å². The number of nitrogens with one attached hydrogen (secondary N) is 2. The van der Waals surface area contributed by atoms with Crippen LogP contribution in [0.1, 0.15) is 4.88 Å². The van der Waals surface area contributed by atoms with Crippen molar-refractivity contribution in [1.29, 1.82) is 0 Å². The number of hydrogen-bond donors (Lipinski definition) is 2. The second kappa shape index (κ2) is 6.63. The molecule has 0 saturated carbocycles. The van der Waals surface area contributed by atoms with E-state index in [1.54, 1.807) is 17.6 Å². The standard InChI is InChI=1S/C12H10BrN3S2/c13-9-3-5-10(6-4-9)15-12(17)16-14-8-11-2-1-7-18-11/h1-8H,(H2,15,16,17)/b14-8+. The molecule has 0 amide bonds. The smallest absolute Gasteiger partial charge is 0.191 e. The molecule has 0 bridgehead atoms. The summed E-state index contributed by atoms with van der Waals surface area (Å²) in [5.74, 6) is 0. The third-order valence-corrected chi connectivity index (χ3v) is 3.53. The van der Waals surface area contributed by atoms with Gasteiger partial charge in [0.25, 0.3) is 0 Å². The first kappa shape index (κ1) is 13.2. The molecule has 0 aliphatic rings. The third kappa shape index (κ3) is 4.21. The third-order valence-electron chi connectivity index (χ3n) is 2.00. The van der Waals surface area contributed by atoms with Crippen LogP contribution in [0.4, 0.5) is 5.69 Å². The average Bonchev–Trinajstić information content (AvgIpc) is 2.85. The maximum absolute atomic E-state index is 5.12. The number of thiophene rings is 1. The summed E-state index contributed by atoms with van der Waals surface area (Å²) in [6.45, 7) is 0. The Kier molecular flexibility index (Phi) is 4.86. The average molecular weight is 340 g/mol. The normalized spacial score (nSPS) is 10.5. The number of thiocarbonyl (C=S) groups is 1. The summed E-state index contributed by atoms with van der Waals surface area (Å²) in [5, 5.41) is 9.55. The number of nitrogens with zero attached hydrogens (tertiary/aromatic N) is 1. The van der Waals surface area contributed by atoms with Gasteiger partial charge in [0.05, 0.1) is 6.21 Å². The van der Waals surface area contributed by atoms with Gasteiger partial charge in [0.15, 0.2) is 5.11 Å². The van der Waals surface area contributed by atoms with E-state index >= 15 is 0 Å². The van der Waals surface area contributed by atoms with Gasteiger partial charge in [-0.15, -0.1) is 11.3 Å². The lowest BCUT2D eigenvalue weighted by molar-refractivity contribution is 1.05. The minimum absolute atomic E-state index is 0.463. The van der Waals surface area contributed by atoms with Gasteiger partial charge >= 0.3 is 0 Å². The molecule has 92 valence electrons. The second-order valence-electron chi connectivity index (χ2n) is 3.35. The summed E-state index contributed by atoms with van der Waals surface area (Å²) in [4.78, 5) is 1.08. The Morgan fingerprint density at radius 1 is 1.28 bits per heavy atom. The zero-order valence-electron chi connectivity index (χ0n) is 9.26. The van der Waals surface area contributed by atoms with Crippen molar-refractivity contribution >= 4 is 56.5 Å². The van der Waals surface area contributed by atoms with E-state index in [-0.39, 0.29) is 0 Å². The molecule has 0 radical (unpaired) electrons. The van der Waals surface area contributed by atoms with Crippen molar-refractivity contribution in [2.45, 2.75) is 0 Å². The molecule has 0 aliphatic carbocycles. The first-order valence-electron chi connectivity index (χ1n) is 5.13. The monoisotopic (exact) mass is 339 g/mol. The molecule has 1 aromatic carbocycles. The molecule has 0 fully saturated rings. The van der Waals surface area contributed by atoms with Gasteiger partial charge in [-0.25, -0.2) is 0 Å². The summed E-state index contributed by atoms with van der Waals surface area (Å²) in [7, 11) is 0. The molecule has 0 aliphatic heterocycles. The van der Waals surface area contributed by atoms with E-state index in [2.05, 4.69) is 31.8 Å². The Morgan fingerprint density at radius 3 is 2.72 bits per heavy atom. The molecule has 2 N–H and O–H groups in total. The molecule has 0 unspecified atom stereocenters. The minimum atomic E-state index is 0.463. The number of benzene rings is 1. The highest BCUT2D eigenvalue weighted by Gasteiger charge is 1.95. The molecule has 0 atom stereocenters. The first-order chi connectivity index (χ1) is 8.74. The summed E-state index contributed by atoms with van der Waals surface area (Å²) < 4.78 is 1.03. The fourth-order valence-corrected chi connectivity index (χ4v) is 2.23. The first-order valence-corrected chi connectivity index (χ1v) is 7.21. The summed E-state index contributed by atoms with van der Waals surface area (Å²) >= 11 is 10.1. The molecule has 1 aromatic heterocycles. The van der Waals surface area contributed by atoms with Gasteiger partial charge in [0.2, 0.25) is 0 Å². The van der Waals surface area contributed by atoms with Gasteiger partial charge in [0, 0.05) is 15.0 Å². The quantitative estimate of drug-likeness (QED) is 0.506. The molecular formula is C12H10BrN3S2. The maximum atomic E-state index is 5.12.